The van der Waals surface area contributed by atoms with Crippen LogP contribution in [-0.4, -0.2) is 36.1 Å². The molecule has 0 amide bonds. The molecule has 0 spiro atoms. The van der Waals surface area contributed by atoms with Gasteiger partial charge < -0.3 is 5.32 Å². The van der Waals surface area contributed by atoms with E-state index in [9.17, 15) is 0 Å². The Bertz CT molecular complexity index is 365. The van der Waals surface area contributed by atoms with Crippen LogP contribution in [0.2, 0.25) is 0 Å². The molecular weight excluding hydrogens is 222 g/mol. The minimum absolute atomic E-state index is 0.721. The molecule has 1 aromatic rings. The van der Waals surface area contributed by atoms with Gasteiger partial charge in [0, 0.05) is 19.3 Å². The summed E-state index contributed by atoms with van der Waals surface area (Å²) in [5.74, 6) is 0.721. The zero-order chi connectivity index (χ0) is 12.8. The minimum atomic E-state index is 0.721. The maximum absolute atomic E-state index is 4.57. The summed E-state index contributed by atoms with van der Waals surface area (Å²) in [7, 11) is 0. The van der Waals surface area contributed by atoms with Gasteiger partial charge in [0.25, 0.3) is 0 Å². The van der Waals surface area contributed by atoms with Gasteiger partial charge in [0.15, 0.2) is 0 Å². The second kappa shape index (κ2) is 6.86. The normalized spacial score (nSPS) is 22.4. The van der Waals surface area contributed by atoms with Crippen LogP contribution in [0.25, 0.3) is 0 Å². The predicted molar refractivity (Wildman–Crippen MR) is 75.5 cm³/mol. The van der Waals surface area contributed by atoms with Crippen molar-refractivity contribution < 1.29 is 0 Å². The Morgan fingerprint density at radius 3 is 3.22 bits per heavy atom. The lowest BCUT2D eigenvalue weighted by atomic mass is 10.1. The maximum atomic E-state index is 4.57. The molecule has 1 aromatic heterocycles. The summed E-state index contributed by atoms with van der Waals surface area (Å²) in [6, 6.07) is 4.25. The molecule has 0 aromatic carbocycles. The van der Waals surface area contributed by atoms with E-state index in [0.29, 0.717) is 0 Å². The van der Waals surface area contributed by atoms with Crippen molar-refractivity contribution in [3.63, 3.8) is 0 Å². The third-order valence-electron chi connectivity index (χ3n) is 3.63. The zero-order valence-corrected chi connectivity index (χ0v) is 11.7. The molecule has 3 heteroatoms. The molecule has 1 unspecified atom stereocenters. The molecule has 1 fully saturated rings. The number of rotatable bonds is 3. The van der Waals surface area contributed by atoms with E-state index >= 15 is 0 Å². The van der Waals surface area contributed by atoms with E-state index in [0.717, 1.165) is 32.0 Å². The van der Waals surface area contributed by atoms with Crippen LogP contribution in [0.5, 0.6) is 0 Å². The fourth-order valence-electron chi connectivity index (χ4n) is 2.66. The van der Waals surface area contributed by atoms with Crippen molar-refractivity contribution in [2.24, 2.45) is 5.92 Å². The highest BCUT2D eigenvalue weighted by Crippen LogP contribution is 2.12. The van der Waals surface area contributed by atoms with E-state index in [1.54, 1.807) is 0 Å². The quantitative estimate of drug-likeness (QED) is 0.886. The molecular formula is C15H25N3. The topological polar surface area (TPSA) is 28.2 Å². The molecule has 2 heterocycles. The van der Waals surface area contributed by atoms with Crippen LogP contribution < -0.4 is 5.32 Å². The molecule has 1 saturated heterocycles. The van der Waals surface area contributed by atoms with Crippen molar-refractivity contribution in [3.05, 3.63) is 29.6 Å². The highest BCUT2D eigenvalue weighted by Gasteiger charge is 2.14. The number of nitrogens with one attached hydrogen (secondary N) is 1. The van der Waals surface area contributed by atoms with Crippen LogP contribution in [0, 0.1) is 5.92 Å². The van der Waals surface area contributed by atoms with Gasteiger partial charge in [-0.1, -0.05) is 19.9 Å². The van der Waals surface area contributed by atoms with Crippen molar-refractivity contribution in [1.29, 1.82) is 0 Å². The summed E-state index contributed by atoms with van der Waals surface area (Å²) in [4.78, 5) is 7.13. The van der Waals surface area contributed by atoms with Crippen molar-refractivity contribution in [2.75, 3.05) is 26.2 Å². The predicted octanol–water partition coefficient (Wildman–Crippen LogP) is 2.08. The van der Waals surface area contributed by atoms with Crippen molar-refractivity contribution in [1.82, 2.24) is 15.2 Å². The van der Waals surface area contributed by atoms with Gasteiger partial charge in [-0.25, -0.2) is 0 Å². The average molecular weight is 247 g/mol. The lowest BCUT2D eigenvalue weighted by Gasteiger charge is -2.28. The second-order valence-electron chi connectivity index (χ2n) is 5.36. The molecule has 1 aliphatic heterocycles. The number of nitrogens with zero attached hydrogens (tertiary/aromatic N) is 2. The number of hydrogen-bond acceptors (Lipinski definition) is 3. The molecule has 0 aliphatic carbocycles. The first-order valence-corrected chi connectivity index (χ1v) is 7.15. The molecule has 1 atom stereocenters. The van der Waals surface area contributed by atoms with Crippen LogP contribution in [0.15, 0.2) is 18.3 Å². The van der Waals surface area contributed by atoms with Gasteiger partial charge in [0.1, 0.15) is 0 Å². The first-order valence-electron chi connectivity index (χ1n) is 7.15. The summed E-state index contributed by atoms with van der Waals surface area (Å²) < 4.78 is 0. The van der Waals surface area contributed by atoms with Crippen molar-refractivity contribution in [2.45, 2.75) is 33.2 Å². The molecule has 0 saturated carbocycles. The summed E-state index contributed by atoms with van der Waals surface area (Å²) in [5.41, 5.74) is 2.66. The van der Waals surface area contributed by atoms with Crippen LogP contribution >= 0.6 is 0 Å². The van der Waals surface area contributed by atoms with Gasteiger partial charge >= 0.3 is 0 Å². The zero-order valence-electron chi connectivity index (χ0n) is 11.7. The van der Waals surface area contributed by atoms with Gasteiger partial charge in [0.2, 0.25) is 0 Å². The van der Waals surface area contributed by atoms with Gasteiger partial charge in [-0.3, -0.25) is 9.88 Å². The molecule has 18 heavy (non-hydrogen) atoms. The fraction of sp³-hybridized carbons (Fsp3) is 0.667. The van der Waals surface area contributed by atoms with E-state index in [1.165, 1.54) is 30.8 Å². The Kier molecular flexibility index (Phi) is 5.14. The molecule has 1 aliphatic rings. The van der Waals surface area contributed by atoms with Gasteiger partial charge in [-0.05, 0) is 50.0 Å². The number of aromatic nitrogens is 1. The average Bonchev–Trinajstić information content (AvgIpc) is 2.36. The summed E-state index contributed by atoms with van der Waals surface area (Å²) in [6.45, 7) is 10.2. The molecule has 3 nitrogen and oxygen atoms in total. The largest absolute Gasteiger partial charge is 0.316 e. The Labute approximate surface area is 111 Å². The Balaban J connectivity index is 2.01. The van der Waals surface area contributed by atoms with E-state index in [1.807, 2.05) is 12.3 Å². The van der Waals surface area contributed by atoms with Crippen LogP contribution in [0.1, 0.15) is 31.5 Å². The van der Waals surface area contributed by atoms with E-state index in [-0.39, 0.29) is 0 Å². The lowest BCUT2D eigenvalue weighted by Crippen LogP contribution is -2.38. The Morgan fingerprint density at radius 2 is 2.39 bits per heavy atom. The number of hydrogen-bond donors (Lipinski definition) is 1. The summed E-state index contributed by atoms with van der Waals surface area (Å²) in [5, 5.41) is 3.50. The number of pyridine rings is 1. The molecule has 1 N–H and O–H groups in total. The standard InChI is InChI=1S/C15H25N3/c1-3-14-6-4-8-17-15(14)12-18-9-5-7-16-10-13(2)11-18/h4,6,8,13,16H,3,5,7,9-12H2,1-2H3. The van der Waals surface area contributed by atoms with Crippen molar-refractivity contribution >= 4 is 0 Å². The van der Waals surface area contributed by atoms with Gasteiger partial charge in [0.05, 0.1) is 5.69 Å². The SMILES string of the molecule is CCc1cccnc1CN1CCCNCC(C)C1. The van der Waals surface area contributed by atoms with Gasteiger partial charge in [-0.2, -0.15) is 0 Å². The third kappa shape index (κ3) is 3.79. The fourth-order valence-corrected chi connectivity index (χ4v) is 2.66. The highest BCUT2D eigenvalue weighted by atomic mass is 15.1. The second-order valence-corrected chi connectivity index (χ2v) is 5.36. The highest BCUT2D eigenvalue weighted by molar-refractivity contribution is 5.19. The summed E-state index contributed by atoms with van der Waals surface area (Å²) in [6.07, 6.45) is 4.23. The van der Waals surface area contributed by atoms with E-state index in [4.69, 9.17) is 0 Å². The molecule has 100 valence electrons. The van der Waals surface area contributed by atoms with Crippen molar-refractivity contribution in [3.8, 4) is 0 Å². The van der Waals surface area contributed by atoms with E-state index < -0.39 is 0 Å². The van der Waals surface area contributed by atoms with Crippen LogP contribution in [0.4, 0.5) is 0 Å². The minimum Gasteiger partial charge on any atom is -0.316 e. The first-order chi connectivity index (χ1) is 8.79. The van der Waals surface area contributed by atoms with Crippen LogP contribution in [-0.2, 0) is 13.0 Å². The monoisotopic (exact) mass is 247 g/mol. The van der Waals surface area contributed by atoms with E-state index in [2.05, 4.69) is 35.1 Å². The lowest BCUT2D eigenvalue weighted by molar-refractivity contribution is 0.206. The Morgan fingerprint density at radius 1 is 1.50 bits per heavy atom. The van der Waals surface area contributed by atoms with Crippen LogP contribution in [0.3, 0.4) is 0 Å². The molecule has 0 radical (unpaired) electrons. The molecule has 0 bridgehead atoms. The smallest absolute Gasteiger partial charge is 0.0575 e. The molecule has 2 rings (SSSR count). The van der Waals surface area contributed by atoms with Gasteiger partial charge in [-0.15, -0.1) is 0 Å². The number of aryl methyl sites for hydroxylation is 1. The maximum Gasteiger partial charge on any atom is 0.0575 e. The summed E-state index contributed by atoms with van der Waals surface area (Å²) >= 11 is 0. The third-order valence-corrected chi connectivity index (χ3v) is 3.63. The first kappa shape index (κ1) is 13.5. The Hall–Kier alpha value is -0.930.